The highest BCUT2D eigenvalue weighted by atomic mass is 16.5. The van der Waals surface area contributed by atoms with Crippen LogP contribution in [0, 0.1) is 20.8 Å². The maximum atomic E-state index is 11.4. The molecule has 130 valence electrons. The van der Waals surface area contributed by atoms with Crippen molar-refractivity contribution in [3.05, 3.63) is 47.1 Å². The highest BCUT2D eigenvalue weighted by Gasteiger charge is 2.34. The van der Waals surface area contributed by atoms with E-state index in [0.29, 0.717) is 5.75 Å². The molecule has 1 aliphatic heterocycles. The van der Waals surface area contributed by atoms with Crippen LogP contribution in [-0.4, -0.2) is 11.6 Å². The summed E-state index contributed by atoms with van der Waals surface area (Å²) in [5.74, 6) is 1.37. The zero-order chi connectivity index (χ0) is 17.9. The minimum atomic E-state index is -0.283. The number of fused-ring (bicyclic) bond motifs is 1. The molecule has 1 heterocycles. The Morgan fingerprint density at radius 1 is 1.25 bits per heavy atom. The molecule has 0 unspecified atom stereocenters. The van der Waals surface area contributed by atoms with Crippen LogP contribution in [0.4, 0.5) is 0 Å². The van der Waals surface area contributed by atoms with Crippen LogP contribution in [-0.2, 0) is 11.2 Å². The van der Waals surface area contributed by atoms with Crippen molar-refractivity contribution >= 4 is 5.97 Å². The summed E-state index contributed by atoms with van der Waals surface area (Å²) in [6.07, 6.45) is 9.84. The fourth-order valence-corrected chi connectivity index (χ4v) is 3.25. The standard InChI is InChI=1S/C21H28O3/c1-7-8-9-10-12-21(6)13-11-18-16(4)19(23-17(5)22)14(2)15(3)20(18)24-21/h7,9-10H,1,8,11-13H2,2-6H3/b10-9+/t21-/m1/s1. The van der Waals surface area contributed by atoms with Gasteiger partial charge in [0.25, 0.3) is 0 Å². The normalized spacial score (nSPS) is 19.7. The molecule has 0 bridgehead atoms. The summed E-state index contributed by atoms with van der Waals surface area (Å²) in [5.41, 5.74) is 4.03. The highest BCUT2D eigenvalue weighted by Crippen LogP contribution is 2.44. The quantitative estimate of drug-likeness (QED) is 0.426. The first-order chi connectivity index (χ1) is 11.3. The summed E-state index contributed by atoms with van der Waals surface area (Å²) in [6, 6.07) is 0. The third-order valence-electron chi connectivity index (χ3n) is 4.83. The highest BCUT2D eigenvalue weighted by molar-refractivity contribution is 5.72. The molecular formula is C21H28O3. The van der Waals surface area contributed by atoms with Crippen LogP contribution in [0.1, 0.15) is 55.4 Å². The molecule has 2 rings (SSSR count). The number of benzene rings is 1. The molecule has 0 amide bonds. The Hall–Kier alpha value is -2.03. The first kappa shape index (κ1) is 18.3. The fourth-order valence-electron chi connectivity index (χ4n) is 3.25. The first-order valence-electron chi connectivity index (χ1n) is 8.55. The number of rotatable bonds is 5. The van der Waals surface area contributed by atoms with E-state index in [9.17, 15) is 4.79 Å². The van der Waals surface area contributed by atoms with E-state index in [1.807, 2.05) is 26.8 Å². The van der Waals surface area contributed by atoms with Gasteiger partial charge in [0, 0.05) is 18.9 Å². The van der Waals surface area contributed by atoms with Gasteiger partial charge in [0.15, 0.2) is 0 Å². The molecule has 0 spiro atoms. The van der Waals surface area contributed by atoms with Crippen molar-refractivity contribution in [1.29, 1.82) is 0 Å². The van der Waals surface area contributed by atoms with Gasteiger partial charge in [0.2, 0.25) is 0 Å². The number of carbonyl (C=O) groups is 1. The van der Waals surface area contributed by atoms with Crippen LogP contribution in [0.15, 0.2) is 24.8 Å². The maximum absolute atomic E-state index is 11.4. The second kappa shape index (κ2) is 7.25. The Morgan fingerprint density at radius 3 is 2.58 bits per heavy atom. The molecule has 0 saturated heterocycles. The lowest BCUT2D eigenvalue weighted by atomic mass is 9.85. The van der Waals surface area contributed by atoms with Crippen molar-refractivity contribution in [3.8, 4) is 11.5 Å². The van der Waals surface area contributed by atoms with E-state index < -0.39 is 0 Å². The third kappa shape index (κ3) is 3.72. The molecule has 1 aromatic carbocycles. The summed E-state index contributed by atoms with van der Waals surface area (Å²) >= 11 is 0. The van der Waals surface area contributed by atoms with Crippen LogP contribution < -0.4 is 9.47 Å². The summed E-state index contributed by atoms with van der Waals surface area (Å²) in [4.78, 5) is 11.4. The van der Waals surface area contributed by atoms with Crippen LogP contribution in [0.25, 0.3) is 0 Å². The number of hydrogen-bond acceptors (Lipinski definition) is 3. The van der Waals surface area contributed by atoms with Crippen molar-refractivity contribution in [3.63, 3.8) is 0 Å². The van der Waals surface area contributed by atoms with Gasteiger partial charge in [0.05, 0.1) is 0 Å². The van der Waals surface area contributed by atoms with Crippen molar-refractivity contribution < 1.29 is 14.3 Å². The van der Waals surface area contributed by atoms with Crippen molar-refractivity contribution in [2.24, 2.45) is 0 Å². The first-order valence-corrected chi connectivity index (χ1v) is 8.55. The molecule has 1 aliphatic rings. The Kier molecular flexibility index (Phi) is 5.53. The molecule has 1 aromatic rings. The van der Waals surface area contributed by atoms with Crippen LogP contribution in [0.2, 0.25) is 0 Å². The molecule has 3 heteroatoms. The second-order valence-corrected chi connectivity index (χ2v) is 6.86. The fraction of sp³-hybridized carbons (Fsp3) is 0.476. The van der Waals surface area contributed by atoms with Gasteiger partial charge in [-0.25, -0.2) is 0 Å². The van der Waals surface area contributed by atoms with Gasteiger partial charge in [-0.3, -0.25) is 4.79 Å². The Labute approximate surface area is 145 Å². The Bertz CT molecular complexity index is 685. The lowest BCUT2D eigenvalue weighted by Crippen LogP contribution is -2.36. The zero-order valence-corrected chi connectivity index (χ0v) is 15.5. The van der Waals surface area contributed by atoms with Crippen molar-refractivity contribution in [2.45, 2.75) is 65.9 Å². The predicted molar refractivity (Wildman–Crippen MR) is 97.9 cm³/mol. The minimum Gasteiger partial charge on any atom is -0.487 e. The van der Waals surface area contributed by atoms with Crippen LogP contribution in [0.5, 0.6) is 11.5 Å². The average Bonchev–Trinajstić information content (AvgIpc) is 2.53. The van der Waals surface area contributed by atoms with E-state index in [-0.39, 0.29) is 11.6 Å². The molecule has 0 N–H and O–H groups in total. The summed E-state index contributed by atoms with van der Waals surface area (Å²) in [6.45, 7) is 13.4. The Balaban J connectivity index is 2.35. The Morgan fingerprint density at radius 2 is 1.96 bits per heavy atom. The minimum absolute atomic E-state index is 0.197. The smallest absolute Gasteiger partial charge is 0.308 e. The molecule has 0 radical (unpaired) electrons. The molecule has 3 nitrogen and oxygen atoms in total. The number of carbonyl (C=O) groups excluding carboxylic acids is 1. The molecule has 0 saturated carbocycles. The van der Waals surface area contributed by atoms with Crippen molar-refractivity contribution in [2.75, 3.05) is 0 Å². The van der Waals surface area contributed by atoms with Gasteiger partial charge in [0.1, 0.15) is 17.1 Å². The van der Waals surface area contributed by atoms with Gasteiger partial charge in [-0.05, 0) is 63.6 Å². The van der Waals surface area contributed by atoms with E-state index in [1.54, 1.807) is 0 Å². The topological polar surface area (TPSA) is 35.5 Å². The van der Waals surface area contributed by atoms with Crippen molar-refractivity contribution in [1.82, 2.24) is 0 Å². The molecular weight excluding hydrogens is 300 g/mol. The van der Waals surface area contributed by atoms with E-state index in [1.165, 1.54) is 12.5 Å². The van der Waals surface area contributed by atoms with E-state index >= 15 is 0 Å². The summed E-state index contributed by atoms with van der Waals surface area (Å²) in [7, 11) is 0. The largest absolute Gasteiger partial charge is 0.487 e. The van der Waals surface area contributed by atoms with Gasteiger partial charge < -0.3 is 9.47 Å². The summed E-state index contributed by atoms with van der Waals surface area (Å²) in [5, 5.41) is 0. The molecule has 0 aromatic heterocycles. The third-order valence-corrected chi connectivity index (χ3v) is 4.83. The summed E-state index contributed by atoms with van der Waals surface area (Å²) < 4.78 is 11.9. The monoisotopic (exact) mass is 328 g/mol. The molecule has 1 atom stereocenters. The molecule has 24 heavy (non-hydrogen) atoms. The predicted octanol–water partition coefficient (Wildman–Crippen LogP) is 5.14. The van der Waals surface area contributed by atoms with E-state index in [4.69, 9.17) is 9.47 Å². The SMILES string of the molecule is C=CC/C=C/C[C@]1(C)CCc2c(C)c(OC(C)=O)c(C)c(C)c2O1. The zero-order valence-electron chi connectivity index (χ0n) is 15.5. The van der Waals surface area contributed by atoms with E-state index in [2.05, 4.69) is 25.7 Å². The average molecular weight is 328 g/mol. The van der Waals surface area contributed by atoms with Gasteiger partial charge in [-0.15, -0.1) is 6.58 Å². The maximum Gasteiger partial charge on any atom is 0.308 e. The lowest BCUT2D eigenvalue weighted by molar-refractivity contribution is -0.132. The van der Waals surface area contributed by atoms with Gasteiger partial charge >= 0.3 is 5.97 Å². The van der Waals surface area contributed by atoms with Gasteiger partial charge in [-0.2, -0.15) is 0 Å². The number of esters is 1. The lowest BCUT2D eigenvalue weighted by Gasteiger charge is -2.37. The number of hydrogen-bond donors (Lipinski definition) is 0. The van der Waals surface area contributed by atoms with E-state index in [0.717, 1.165) is 48.1 Å². The molecule has 0 aliphatic carbocycles. The second-order valence-electron chi connectivity index (χ2n) is 6.86. The number of allylic oxidation sites excluding steroid dienone is 2. The van der Waals surface area contributed by atoms with Crippen LogP contribution in [0.3, 0.4) is 0 Å². The number of ether oxygens (including phenoxy) is 2. The van der Waals surface area contributed by atoms with Gasteiger partial charge in [-0.1, -0.05) is 18.2 Å². The van der Waals surface area contributed by atoms with Crippen LogP contribution >= 0.6 is 0 Å². The molecule has 0 fully saturated rings.